The Hall–Kier alpha value is -2.04. The van der Waals surface area contributed by atoms with Gasteiger partial charge < -0.3 is 15.7 Å². The molecule has 0 radical (unpaired) electrons. The van der Waals surface area contributed by atoms with Crippen LogP contribution in [0.5, 0.6) is 5.75 Å². The summed E-state index contributed by atoms with van der Waals surface area (Å²) < 4.78 is 0. The Morgan fingerprint density at radius 2 is 2.28 bits per heavy atom. The first-order chi connectivity index (χ1) is 8.58. The van der Waals surface area contributed by atoms with E-state index in [1.165, 1.54) is 6.07 Å². The fourth-order valence-electron chi connectivity index (χ4n) is 1.95. The SMILES string of the molecule is Cc1cc(C(=O)NC2CCCNC2=O)ccc1O. The van der Waals surface area contributed by atoms with Crippen molar-refractivity contribution in [2.24, 2.45) is 0 Å². The molecule has 1 fully saturated rings. The zero-order valence-corrected chi connectivity index (χ0v) is 10.2. The summed E-state index contributed by atoms with van der Waals surface area (Å²) in [5.41, 5.74) is 1.08. The van der Waals surface area contributed by atoms with Gasteiger partial charge >= 0.3 is 0 Å². The third-order valence-corrected chi connectivity index (χ3v) is 3.05. The monoisotopic (exact) mass is 248 g/mol. The second-order valence-electron chi connectivity index (χ2n) is 4.46. The van der Waals surface area contributed by atoms with Crippen molar-refractivity contribution in [1.29, 1.82) is 0 Å². The van der Waals surface area contributed by atoms with E-state index in [0.717, 1.165) is 6.42 Å². The van der Waals surface area contributed by atoms with Gasteiger partial charge in [-0.1, -0.05) is 0 Å². The van der Waals surface area contributed by atoms with Gasteiger partial charge in [0.15, 0.2) is 0 Å². The first kappa shape index (κ1) is 12.4. The van der Waals surface area contributed by atoms with Crippen molar-refractivity contribution < 1.29 is 14.7 Å². The largest absolute Gasteiger partial charge is 0.508 e. The van der Waals surface area contributed by atoms with Crippen molar-refractivity contribution in [3.8, 4) is 5.75 Å². The van der Waals surface area contributed by atoms with Gasteiger partial charge in [-0.3, -0.25) is 9.59 Å². The fourth-order valence-corrected chi connectivity index (χ4v) is 1.95. The lowest BCUT2D eigenvalue weighted by atomic mass is 10.1. The van der Waals surface area contributed by atoms with E-state index in [9.17, 15) is 14.7 Å². The molecular formula is C13H16N2O3. The van der Waals surface area contributed by atoms with Crippen LogP contribution in [0.4, 0.5) is 0 Å². The first-order valence-corrected chi connectivity index (χ1v) is 5.96. The minimum Gasteiger partial charge on any atom is -0.508 e. The lowest BCUT2D eigenvalue weighted by Gasteiger charge is -2.22. The number of phenolic OH excluding ortho intramolecular Hbond substituents is 1. The molecule has 5 heteroatoms. The number of amides is 2. The van der Waals surface area contributed by atoms with Crippen LogP contribution in [0.2, 0.25) is 0 Å². The smallest absolute Gasteiger partial charge is 0.251 e. The molecule has 2 amide bonds. The maximum Gasteiger partial charge on any atom is 0.251 e. The normalized spacial score (nSPS) is 19.2. The van der Waals surface area contributed by atoms with Crippen molar-refractivity contribution in [2.75, 3.05) is 6.54 Å². The number of piperidine rings is 1. The van der Waals surface area contributed by atoms with Gasteiger partial charge in [-0.2, -0.15) is 0 Å². The first-order valence-electron chi connectivity index (χ1n) is 5.96. The molecule has 1 aromatic rings. The Labute approximate surface area is 105 Å². The molecule has 1 aliphatic heterocycles. The molecular weight excluding hydrogens is 232 g/mol. The molecule has 1 saturated heterocycles. The van der Waals surface area contributed by atoms with Crippen molar-refractivity contribution in [2.45, 2.75) is 25.8 Å². The highest BCUT2D eigenvalue weighted by Crippen LogP contribution is 2.17. The van der Waals surface area contributed by atoms with Gasteiger partial charge in [0.1, 0.15) is 11.8 Å². The van der Waals surface area contributed by atoms with Crippen LogP contribution in [-0.2, 0) is 4.79 Å². The molecule has 0 aromatic heterocycles. The number of hydrogen-bond donors (Lipinski definition) is 3. The molecule has 2 rings (SSSR count). The predicted octanol–water partition coefficient (Wildman–Crippen LogP) is 0.709. The van der Waals surface area contributed by atoms with E-state index in [1.807, 2.05) is 0 Å². The van der Waals surface area contributed by atoms with Gasteiger partial charge in [-0.25, -0.2) is 0 Å². The Bertz CT molecular complexity index is 485. The number of benzene rings is 1. The van der Waals surface area contributed by atoms with Crippen molar-refractivity contribution in [1.82, 2.24) is 10.6 Å². The van der Waals surface area contributed by atoms with E-state index in [0.29, 0.717) is 24.1 Å². The van der Waals surface area contributed by atoms with E-state index in [1.54, 1.807) is 19.1 Å². The summed E-state index contributed by atoms with van der Waals surface area (Å²) in [4.78, 5) is 23.5. The summed E-state index contributed by atoms with van der Waals surface area (Å²) in [6, 6.07) is 4.16. The fraction of sp³-hybridized carbons (Fsp3) is 0.385. The van der Waals surface area contributed by atoms with E-state index in [4.69, 9.17) is 0 Å². The Kier molecular flexibility index (Phi) is 3.50. The van der Waals surface area contributed by atoms with Gasteiger partial charge in [-0.05, 0) is 43.5 Å². The minimum atomic E-state index is -0.458. The van der Waals surface area contributed by atoms with Gasteiger partial charge in [0.2, 0.25) is 5.91 Å². The van der Waals surface area contributed by atoms with Crippen LogP contribution >= 0.6 is 0 Å². The third kappa shape index (κ3) is 2.61. The summed E-state index contributed by atoms with van der Waals surface area (Å²) in [7, 11) is 0. The Morgan fingerprint density at radius 1 is 1.50 bits per heavy atom. The predicted molar refractivity (Wildman–Crippen MR) is 66.3 cm³/mol. The number of hydrogen-bond acceptors (Lipinski definition) is 3. The molecule has 0 spiro atoms. The number of nitrogens with one attached hydrogen (secondary N) is 2. The molecule has 1 atom stereocenters. The van der Waals surface area contributed by atoms with Crippen molar-refractivity contribution in [3.63, 3.8) is 0 Å². The lowest BCUT2D eigenvalue weighted by Crippen LogP contribution is -2.50. The molecule has 1 aromatic carbocycles. The van der Waals surface area contributed by atoms with Gasteiger partial charge in [-0.15, -0.1) is 0 Å². The average Bonchev–Trinajstić information content (AvgIpc) is 2.35. The van der Waals surface area contributed by atoms with Crippen LogP contribution < -0.4 is 10.6 Å². The molecule has 0 saturated carbocycles. The quantitative estimate of drug-likeness (QED) is 0.721. The highest BCUT2D eigenvalue weighted by Gasteiger charge is 2.24. The van der Waals surface area contributed by atoms with E-state index in [2.05, 4.69) is 10.6 Å². The zero-order chi connectivity index (χ0) is 13.1. The number of rotatable bonds is 2. The number of aromatic hydroxyl groups is 1. The topological polar surface area (TPSA) is 78.4 Å². The molecule has 0 aliphatic carbocycles. The molecule has 3 N–H and O–H groups in total. The Morgan fingerprint density at radius 3 is 2.94 bits per heavy atom. The summed E-state index contributed by atoms with van der Waals surface area (Å²) in [5.74, 6) is -0.271. The number of carbonyl (C=O) groups is 2. The van der Waals surface area contributed by atoms with E-state index >= 15 is 0 Å². The minimum absolute atomic E-state index is 0.134. The average molecular weight is 248 g/mol. The number of aryl methyl sites for hydroxylation is 1. The molecule has 96 valence electrons. The van der Waals surface area contributed by atoms with Crippen LogP contribution in [0.25, 0.3) is 0 Å². The number of carbonyl (C=O) groups excluding carboxylic acids is 2. The summed E-state index contributed by atoms with van der Waals surface area (Å²) in [6.07, 6.45) is 1.53. The molecule has 18 heavy (non-hydrogen) atoms. The van der Waals surface area contributed by atoms with E-state index < -0.39 is 6.04 Å². The maximum atomic E-state index is 11.9. The molecule has 1 unspecified atom stereocenters. The van der Waals surface area contributed by atoms with Crippen LogP contribution in [0.3, 0.4) is 0 Å². The standard InChI is InChI=1S/C13H16N2O3/c1-8-7-9(4-5-11(8)16)12(17)15-10-3-2-6-14-13(10)18/h4-5,7,10,16H,2-3,6H2,1H3,(H,14,18)(H,15,17). The van der Waals surface area contributed by atoms with Gasteiger partial charge in [0.25, 0.3) is 5.91 Å². The van der Waals surface area contributed by atoms with Crippen molar-refractivity contribution in [3.05, 3.63) is 29.3 Å². The van der Waals surface area contributed by atoms with Crippen LogP contribution in [-0.4, -0.2) is 29.5 Å². The molecule has 1 aliphatic rings. The summed E-state index contributed by atoms with van der Waals surface area (Å²) in [5, 5.41) is 14.8. The van der Waals surface area contributed by atoms with Crippen molar-refractivity contribution >= 4 is 11.8 Å². The molecule has 0 bridgehead atoms. The molecule has 5 nitrogen and oxygen atoms in total. The van der Waals surface area contributed by atoms with E-state index in [-0.39, 0.29) is 17.6 Å². The molecule has 1 heterocycles. The highest BCUT2D eigenvalue weighted by atomic mass is 16.3. The lowest BCUT2D eigenvalue weighted by molar-refractivity contribution is -0.124. The van der Waals surface area contributed by atoms with Gasteiger partial charge in [0.05, 0.1) is 0 Å². The van der Waals surface area contributed by atoms with Crippen LogP contribution in [0, 0.1) is 6.92 Å². The highest BCUT2D eigenvalue weighted by molar-refractivity contribution is 5.97. The number of phenols is 1. The van der Waals surface area contributed by atoms with Crippen LogP contribution in [0.15, 0.2) is 18.2 Å². The summed E-state index contributed by atoms with van der Waals surface area (Å²) >= 11 is 0. The second-order valence-corrected chi connectivity index (χ2v) is 4.46. The second kappa shape index (κ2) is 5.08. The van der Waals surface area contributed by atoms with Gasteiger partial charge in [0, 0.05) is 12.1 Å². The Balaban J connectivity index is 2.07. The van der Waals surface area contributed by atoms with Crippen LogP contribution in [0.1, 0.15) is 28.8 Å². The zero-order valence-electron chi connectivity index (χ0n) is 10.2. The maximum absolute atomic E-state index is 11.9. The summed E-state index contributed by atoms with van der Waals surface area (Å²) in [6.45, 7) is 2.39. The third-order valence-electron chi connectivity index (χ3n) is 3.05.